The van der Waals surface area contributed by atoms with Crippen LogP contribution < -0.4 is 0 Å². The quantitative estimate of drug-likeness (QED) is 0.590. The van der Waals surface area contributed by atoms with Crippen LogP contribution in [0.5, 0.6) is 0 Å². The minimum absolute atomic E-state index is 0.00123. The van der Waals surface area contributed by atoms with E-state index in [1.165, 1.54) is 32.1 Å². The molecule has 4 heteroatoms. The van der Waals surface area contributed by atoms with Crippen molar-refractivity contribution in [2.24, 2.45) is 23.2 Å². The third kappa shape index (κ3) is 2.72. The molecule has 4 nitrogen and oxygen atoms in total. The standard InChI is InChI=1S/C17H24O4/c1-10(2)16(19)20-9-14(18)21-15-13-5-11-4-12(6-13)8-17(15,3)7-11/h11-13,15H,1,4-9H2,2-3H3. The number of hydrogen-bond acceptors (Lipinski definition) is 4. The van der Waals surface area contributed by atoms with Gasteiger partial charge in [0.25, 0.3) is 0 Å². The van der Waals surface area contributed by atoms with E-state index in [9.17, 15) is 9.59 Å². The Kier molecular flexibility index (Phi) is 3.58. The topological polar surface area (TPSA) is 52.6 Å². The van der Waals surface area contributed by atoms with E-state index in [-0.39, 0.29) is 18.1 Å². The molecule has 0 radical (unpaired) electrons. The van der Waals surface area contributed by atoms with E-state index in [0.29, 0.717) is 11.5 Å². The lowest BCUT2D eigenvalue weighted by Crippen LogP contribution is -2.56. The zero-order valence-electron chi connectivity index (χ0n) is 12.9. The van der Waals surface area contributed by atoms with Gasteiger partial charge < -0.3 is 9.47 Å². The van der Waals surface area contributed by atoms with Crippen molar-refractivity contribution in [2.75, 3.05) is 6.61 Å². The number of carbonyl (C=O) groups excluding carboxylic acids is 2. The van der Waals surface area contributed by atoms with Gasteiger partial charge in [0.05, 0.1) is 0 Å². The van der Waals surface area contributed by atoms with E-state index in [2.05, 4.69) is 13.5 Å². The zero-order chi connectivity index (χ0) is 15.2. The first-order valence-electron chi connectivity index (χ1n) is 7.89. The van der Waals surface area contributed by atoms with Gasteiger partial charge in [-0.1, -0.05) is 13.5 Å². The molecule has 4 bridgehead atoms. The highest BCUT2D eigenvalue weighted by molar-refractivity contribution is 5.88. The average Bonchev–Trinajstić information content (AvgIpc) is 2.38. The summed E-state index contributed by atoms with van der Waals surface area (Å²) in [4.78, 5) is 23.3. The van der Waals surface area contributed by atoms with Crippen LogP contribution in [0.3, 0.4) is 0 Å². The molecular formula is C17H24O4. The summed E-state index contributed by atoms with van der Waals surface area (Å²) >= 11 is 0. The van der Waals surface area contributed by atoms with Gasteiger partial charge in [0.15, 0.2) is 6.61 Å². The number of esters is 2. The van der Waals surface area contributed by atoms with Crippen LogP contribution in [0.4, 0.5) is 0 Å². The Morgan fingerprint density at radius 3 is 2.33 bits per heavy atom. The fraction of sp³-hybridized carbons (Fsp3) is 0.765. The highest BCUT2D eigenvalue weighted by Gasteiger charge is 2.56. The Labute approximate surface area is 125 Å². The van der Waals surface area contributed by atoms with Crippen LogP contribution in [-0.4, -0.2) is 24.6 Å². The van der Waals surface area contributed by atoms with Crippen molar-refractivity contribution in [1.29, 1.82) is 0 Å². The maximum atomic E-state index is 12.0. The molecule has 0 heterocycles. The highest BCUT2D eigenvalue weighted by atomic mass is 16.6. The number of carbonyl (C=O) groups is 2. The van der Waals surface area contributed by atoms with Crippen molar-refractivity contribution >= 4 is 11.9 Å². The van der Waals surface area contributed by atoms with Crippen molar-refractivity contribution in [3.05, 3.63) is 12.2 Å². The predicted octanol–water partition coefficient (Wildman–Crippen LogP) is 2.86. The van der Waals surface area contributed by atoms with E-state index >= 15 is 0 Å². The van der Waals surface area contributed by atoms with Crippen molar-refractivity contribution in [2.45, 2.75) is 52.1 Å². The molecule has 4 saturated carbocycles. The Morgan fingerprint density at radius 1 is 1.19 bits per heavy atom. The summed E-state index contributed by atoms with van der Waals surface area (Å²) in [5, 5.41) is 0. The fourth-order valence-electron chi connectivity index (χ4n) is 5.06. The van der Waals surface area contributed by atoms with Gasteiger partial charge in [0, 0.05) is 11.0 Å². The summed E-state index contributed by atoms with van der Waals surface area (Å²) in [5.41, 5.74) is 0.423. The van der Waals surface area contributed by atoms with Crippen LogP contribution in [0.15, 0.2) is 12.2 Å². The lowest BCUT2D eigenvalue weighted by molar-refractivity contribution is -0.194. The summed E-state index contributed by atoms with van der Waals surface area (Å²) in [6.07, 6.45) is 6.09. The second kappa shape index (κ2) is 5.15. The van der Waals surface area contributed by atoms with Crippen molar-refractivity contribution in [3.8, 4) is 0 Å². The molecule has 4 rings (SSSR count). The van der Waals surface area contributed by atoms with Gasteiger partial charge in [0.1, 0.15) is 6.10 Å². The summed E-state index contributed by atoms with van der Waals surface area (Å²) < 4.78 is 10.6. The first-order valence-corrected chi connectivity index (χ1v) is 7.89. The SMILES string of the molecule is C=C(C)C(=O)OCC(=O)OC1C2CC3CC(C2)CC1(C)C3. The third-order valence-electron chi connectivity index (χ3n) is 5.49. The largest absolute Gasteiger partial charge is 0.459 e. The molecule has 0 amide bonds. The molecule has 0 aromatic carbocycles. The van der Waals surface area contributed by atoms with E-state index in [0.717, 1.165) is 11.8 Å². The minimum atomic E-state index is -0.539. The Morgan fingerprint density at radius 2 is 1.81 bits per heavy atom. The second-order valence-electron chi connectivity index (χ2n) is 7.53. The predicted molar refractivity (Wildman–Crippen MR) is 77.3 cm³/mol. The molecule has 3 unspecified atom stereocenters. The molecule has 116 valence electrons. The third-order valence-corrected chi connectivity index (χ3v) is 5.49. The van der Waals surface area contributed by atoms with Crippen LogP contribution in [-0.2, 0) is 19.1 Å². The zero-order valence-corrected chi connectivity index (χ0v) is 12.9. The number of ether oxygens (including phenoxy) is 2. The van der Waals surface area contributed by atoms with E-state index in [4.69, 9.17) is 9.47 Å². The van der Waals surface area contributed by atoms with E-state index < -0.39 is 11.9 Å². The monoisotopic (exact) mass is 292 g/mol. The molecule has 4 aliphatic carbocycles. The summed E-state index contributed by atoms with van der Waals surface area (Å²) in [6, 6.07) is 0. The van der Waals surface area contributed by atoms with Crippen LogP contribution >= 0.6 is 0 Å². The lowest BCUT2D eigenvalue weighted by atomic mass is 9.49. The van der Waals surface area contributed by atoms with Crippen LogP contribution in [0.25, 0.3) is 0 Å². The van der Waals surface area contributed by atoms with Crippen LogP contribution in [0, 0.1) is 23.2 Å². The van der Waals surface area contributed by atoms with E-state index in [1.54, 1.807) is 6.92 Å². The van der Waals surface area contributed by atoms with Gasteiger partial charge in [-0.2, -0.15) is 0 Å². The minimum Gasteiger partial charge on any atom is -0.459 e. The van der Waals surface area contributed by atoms with Gasteiger partial charge in [-0.25, -0.2) is 9.59 Å². The molecule has 0 spiro atoms. The average molecular weight is 292 g/mol. The van der Waals surface area contributed by atoms with Gasteiger partial charge in [-0.15, -0.1) is 0 Å². The van der Waals surface area contributed by atoms with Crippen LogP contribution in [0.1, 0.15) is 46.0 Å². The van der Waals surface area contributed by atoms with Crippen LogP contribution in [0.2, 0.25) is 0 Å². The first-order chi connectivity index (χ1) is 9.87. The molecule has 0 aromatic heterocycles. The van der Waals surface area contributed by atoms with Crippen molar-refractivity contribution in [1.82, 2.24) is 0 Å². The normalized spacial score (nSPS) is 39.9. The summed E-state index contributed by atoms with van der Waals surface area (Å²) in [7, 11) is 0. The van der Waals surface area contributed by atoms with E-state index in [1.807, 2.05) is 0 Å². The molecule has 0 aliphatic heterocycles. The molecule has 0 aromatic rings. The molecule has 0 N–H and O–H groups in total. The number of rotatable bonds is 4. The van der Waals surface area contributed by atoms with Gasteiger partial charge in [-0.05, 0) is 56.8 Å². The molecule has 4 aliphatic rings. The van der Waals surface area contributed by atoms with Gasteiger partial charge >= 0.3 is 11.9 Å². The van der Waals surface area contributed by atoms with Crippen molar-refractivity contribution < 1.29 is 19.1 Å². The number of hydrogen-bond donors (Lipinski definition) is 0. The Hall–Kier alpha value is -1.32. The lowest BCUT2D eigenvalue weighted by Gasteiger charge is -2.59. The maximum Gasteiger partial charge on any atom is 0.344 e. The molecule has 21 heavy (non-hydrogen) atoms. The molecule has 3 atom stereocenters. The van der Waals surface area contributed by atoms with Gasteiger partial charge in [0.2, 0.25) is 0 Å². The second-order valence-corrected chi connectivity index (χ2v) is 7.53. The molecule has 4 fully saturated rings. The Balaban J connectivity index is 1.58. The fourth-order valence-corrected chi connectivity index (χ4v) is 5.06. The maximum absolute atomic E-state index is 12.0. The molecular weight excluding hydrogens is 268 g/mol. The Bertz CT molecular complexity index is 467. The van der Waals surface area contributed by atoms with Crippen molar-refractivity contribution in [3.63, 3.8) is 0 Å². The summed E-state index contributed by atoms with van der Waals surface area (Å²) in [5.74, 6) is 1.18. The summed E-state index contributed by atoms with van der Waals surface area (Å²) in [6.45, 7) is 7.01. The first kappa shape index (κ1) is 14.6. The van der Waals surface area contributed by atoms with Gasteiger partial charge in [-0.3, -0.25) is 0 Å². The molecule has 0 saturated heterocycles. The highest BCUT2D eigenvalue weighted by Crippen LogP contribution is 2.60. The smallest absolute Gasteiger partial charge is 0.344 e.